The number of ether oxygens (including phenoxy) is 3. The minimum Gasteiger partial charge on any atom is -0.497 e. The summed E-state index contributed by atoms with van der Waals surface area (Å²) in [6, 6.07) is 22.3. The molecular formula is C24H25NO4. The molecule has 0 fully saturated rings. The van der Waals surface area contributed by atoms with Gasteiger partial charge in [-0.15, -0.1) is 0 Å². The first-order chi connectivity index (χ1) is 14.1. The van der Waals surface area contributed by atoms with Gasteiger partial charge in [0.15, 0.2) is 0 Å². The first kappa shape index (κ1) is 20.3. The van der Waals surface area contributed by atoms with Crippen LogP contribution in [0.4, 0.5) is 5.69 Å². The van der Waals surface area contributed by atoms with Crippen molar-refractivity contribution in [2.75, 3.05) is 25.6 Å². The topological polar surface area (TPSA) is 56.8 Å². The molecular weight excluding hydrogens is 366 g/mol. The van der Waals surface area contributed by atoms with Crippen molar-refractivity contribution in [3.8, 4) is 17.2 Å². The molecule has 0 aromatic heterocycles. The highest BCUT2D eigenvalue weighted by molar-refractivity contribution is 6.04. The summed E-state index contributed by atoms with van der Waals surface area (Å²) in [6.07, 6.45) is 0.771. The maximum atomic E-state index is 12.3. The Hall–Kier alpha value is -3.47. The van der Waals surface area contributed by atoms with Crippen LogP contribution in [0.2, 0.25) is 0 Å². The Labute approximate surface area is 171 Å². The van der Waals surface area contributed by atoms with E-state index in [9.17, 15) is 4.79 Å². The van der Waals surface area contributed by atoms with E-state index in [1.165, 1.54) is 5.56 Å². The largest absolute Gasteiger partial charge is 0.497 e. The summed E-state index contributed by atoms with van der Waals surface area (Å²) in [6.45, 7) is 3.18. The quantitative estimate of drug-likeness (QED) is 0.515. The van der Waals surface area contributed by atoms with Crippen molar-refractivity contribution in [1.29, 1.82) is 0 Å². The molecule has 0 aliphatic carbocycles. The molecule has 5 nitrogen and oxygen atoms in total. The van der Waals surface area contributed by atoms with E-state index in [2.05, 4.69) is 5.32 Å². The van der Waals surface area contributed by atoms with E-state index in [1.54, 1.807) is 55.6 Å². The smallest absolute Gasteiger partial charge is 0.255 e. The fourth-order valence-corrected chi connectivity index (χ4v) is 2.65. The lowest BCUT2D eigenvalue weighted by Gasteiger charge is -2.09. The van der Waals surface area contributed by atoms with Crippen molar-refractivity contribution >= 4 is 11.6 Å². The maximum Gasteiger partial charge on any atom is 0.255 e. The van der Waals surface area contributed by atoms with Crippen LogP contribution in [-0.4, -0.2) is 26.2 Å². The maximum absolute atomic E-state index is 12.3. The number of nitrogens with one attached hydrogen (secondary N) is 1. The summed E-state index contributed by atoms with van der Waals surface area (Å²) in [4.78, 5) is 12.3. The molecule has 1 N–H and O–H groups in total. The number of rotatable bonds is 9. The lowest BCUT2D eigenvalue weighted by atomic mass is 10.2. The predicted octanol–water partition coefficient (Wildman–Crippen LogP) is 5.10. The molecule has 0 heterocycles. The SMILES string of the molecule is COc1ccc(NC(=O)c2ccc(OCCCOc3ccc(C)cc3)cc2)cc1. The van der Waals surface area contributed by atoms with Crippen LogP contribution in [0.1, 0.15) is 22.3 Å². The summed E-state index contributed by atoms with van der Waals surface area (Å²) < 4.78 is 16.5. The van der Waals surface area contributed by atoms with E-state index in [0.717, 1.165) is 23.7 Å². The van der Waals surface area contributed by atoms with Crippen LogP contribution in [0.25, 0.3) is 0 Å². The molecule has 3 rings (SSSR count). The second-order valence-electron chi connectivity index (χ2n) is 6.57. The zero-order valence-corrected chi connectivity index (χ0v) is 16.7. The molecule has 0 radical (unpaired) electrons. The van der Waals surface area contributed by atoms with Crippen LogP contribution in [-0.2, 0) is 0 Å². The predicted molar refractivity (Wildman–Crippen MR) is 114 cm³/mol. The fourth-order valence-electron chi connectivity index (χ4n) is 2.65. The van der Waals surface area contributed by atoms with Gasteiger partial charge in [-0.05, 0) is 67.6 Å². The fraction of sp³-hybridized carbons (Fsp3) is 0.208. The number of amides is 1. The van der Waals surface area contributed by atoms with Gasteiger partial charge in [-0.2, -0.15) is 0 Å². The number of hydrogen-bond donors (Lipinski definition) is 1. The average molecular weight is 391 g/mol. The van der Waals surface area contributed by atoms with Gasteiger partial charge in [-0.1, -0.05) is 17.7 Å². The van der Waals surface area contributed by atoms with E-state index >= 15 is 0 Å². The summed E-state index contributed by atoms with van der Waals surface area (Å²) in [5, 5.41) is 2.86. The minimum absolute atomic E-state index is 0.173. The molecule has 0 saturated carbocycles. The third-order valence-electron chi connectivity index (χ3n) is 4.31. The van der Waals surface area contributed by atoms with Gasteiger partial charge in [0.1, 0.15) is 17.2 Å². The van der Waals surface area contributed by atoms with Crippen LogP contribution >= 0.6 is 0 Å². The Kier molecular flexibility index (Phi) is 7.11. The molecule has 0 aliphatic rings. The van der Waals surface area contributed by atoms with E-state index in [-0.39, 0.29) is 5.91 Å². The first-order valence-electron chi connectivity index (χ1n) is 9.52. The molecule has 0 saturated heterocycles. The Morgan fingerprint density at radius 2 is 1.28 bits per heavy atom. The Balaban J connectivity index is 1.40. The van der Waals surface area contributed by atoms with Gasteiger partial charge >= 0.3 is 0 Å². The summed E-state index contributed by atoms with van der Waals surface area (Å²) in [5.41, 5.74) is 2.49. The van der Waals surface area contributed by atoms with Gasteiger partial charge in [0.25, 0.3) is 5.91 Å². The lowest BCUT2D eigenvalue weighted by molar-refractivity contribution is 0.102. The van der Waals surface area contributed by atoms with E-state index < -0.39 is 0 Å². The summed E-state index contributed by atoms with van der Waals surface area (Å²) in [5.74, 6) is 2.16. The monoisotopic (exact) mass is 391 g/mol. The number of methoxy groups -OCH3 is 1. The average Bonchev–Trinajstić information content (AvgIpc) is 2.76. The van der Waals surface area contributed by atoms with E-state index in [0.29, 0.717) is 24.5 Å². The molecule has 5 heteroatoms. The minimum atomic E-state index is -0.173. The molecule has 29 heavy (non-hydrogen) atoms. The Morgan fingerprint density at radius 3 is 1.83 bits per heavy atom. The van der Waals surface area contributed by atoms with Crippen LogP contribution in [0, 0.1) is 6.92 Å². The normalized spacial score (nSPS) is 10.3. The third-order valence-corrected chi connectivity index (χ3v) is 4.31. The third kappa shape index (κ3) is 6.28. The van der Waals surface area contributed by atoms with Gasteiger partial charge in [0.05, 0.1) is 20.3 Å². The van der Waals surface area contributed by atoms with Crippen molar-refractivity contribution in [3.05, 3.63) is 83.9 Å². The Morgan fingerprint density at radius 1 is 0.759 bits per heavy atom. The van der Waals surface area contributed by atoms with Gasteiger partial charge in [-0.3, -0.25) is 4.79 Å². The molecule has 0 unspecified atom stereocenters. The highest BCUT2D eigenvalue weighted by atomic mass is 16.5. The van der Waals surface area contributed by atoms with Crippen molar-refractivity contribution in [2.24, 2.45) is 0 Å². The molecule has 0 atom stereocenters. The number of anilines is 1. The molecule has 0 spiro atoms. The summed E-state index contributed by atoms with van der Waals surface area (Å²) in [7, 11) is 1.61. The van der Waals surface area contributed by atoms with Crippen LogP contribution in [0.5, 0.6) is 17.2 Å². The Bertz CT molecular complexity index is 903. The number of aryl methyl sites for hydroxylation is 1. The van der Waals surface area contributed by atoms with Crippen LogP contribution in [0.15, 0.2) is 72.8 Å². The number of hydrogen-bond acceptors (Lipinski definition) is 4. The zero-order valence-electron chi connectivity index (χ0n) is 16.7. The van der Waals surface area contributed by atoms with Crippen molar-refractivity contribution in [2.45, 2.75) is 13.3 Å². The molecule has 1 amide bonds. The van der Waals surface area contributed by atoms with Gasteiger partial charge < -0.3 is 19.5 Å². The molecule has 3 aromatic rings. The highest BCUT2D eigenvalue weighted by Crippen LogP contribution is 2.17. The molecule has 0 bridgehead atoms. The second-order valence-corrected chi connectivity index (χ2v) is 6.57. The highest BCUT2D eigenvalue weighted by Gasteiger charge is 2.06. The van der Waals surface area contributed by atoms with E-state index in [1.807, 2.05) is 31.2 Å². The van der Waals surface area contributed by atoms with Crippen LogP contribution < -0.4 is 19.5 Å². The number of benzene rings is 3. The van der Waals surface area contributed by atoms with Gasteiger partial charge in [0, 0.05) is 17.7 Å². The van der Waals surface area contributed by atoms with Gasteiger partial charge in [0.2, 0.25) is 0 Å². The molecule has 3 aromatic carbocycles. The van der Waals surface area contributed by atoms with Crippen LogP contribution in [0.3, 0.4) is 0 Å². The van der Waals surface area contributed by atoms with Gasteiger partial charge in [-0.25, -0.2) is 0 Å². The number of carbonyl (C=O) groups excluding carboxylic acids is 1. The van der Waals surface area contributed by atoms with Crippen molar-refractivity contribution < 1.29 is 19.0 Å². The van der Waals surface area contributed by atoms with E-state index in [4.69, 9.17) is 14.2 Å². The lowest BCUT2D eigenvalue weighted by Crippen LogP contribution is -2.11. The number of carbonyl (C=O) groups is 1. The van der Waals surface area contributed by atoms with Crippen molar-refractivity contribution in [3.63, 3.8) is 0 Å². The standard InChI is InChI=1S/C24H25NO4/c1-18-4-10-22(11-5-18)28-16-3-17-29-23-12-6-19(7-13-23)24(26)25-20-8-14-21(27-2)15-9-20/h4-15H,3,16-17H2,1-2H3,(H,25,26). The zero-order chi connectivity index (χ0) is 20.5. The van der Waals surface area contributed by atoms with Crippen molar-refractivity contribution in [1.82, 2.24) is 0 Å². The summed E-state index contributed by atoms with van der Waals surface area (Å²) >= 11 is 0. The molecule has 0 aliphatic heterocycles. The molecule has 150 valence electrons. The second kappa shape index (κ2) is 10.2. The first-order valence-corrected chi connectivity index (χ1v) is 9.52.